The number of thiophene rings is 1. The number of aromatic nitrogens is 2. The molecule has 25 heavy (non-hydrogen) atoms. The molecule has 0 bridgehead atoms. The first-order valence-electron chi connectivity index (χ1n) is 7.71. The quantitative estimate of drug-likeness (QED) is 0.723. The molecule has 2 aromatic heterocycles. The lowest BCUT2D eigenvalue weighted by Crippen LogP contribution is -2.22. The number of methoxy groups -OCH3 is 1. The highest BCUT2D eigenvalue weighted by Gasteiger charge is 2.28. The fourth-order valence-electron chi connectivity index (χ4n) is 2.67. The van der Waals surface area contributed by atoms with Gasteiger partial charge in [0.15, 0.2) is 5.82 Å². The Morgan fingerprint density at radius 3 is 2.92 bits per heavy atom. The summed E-state index contributed by atoms with van der Waals surface area (Å²) in [5.41, 5.74) is 2.03. The summed E-state index contributed by atoms with van der Waals surface area (Å²) in [5, 5.41) is 5.34. The first-order chi connectivity index (χ1) is 12.2. The van der Waals surface area contributed by atoms with Crippen molar-refractivity contribution in [2.75, 3.05) is 18.2 Å². The third kappa shape index (κ3) is 3.42. The summed E-state index contributed by atoms with van der Waals surface area (Å²) in [6, 6.07) is 9.60. The minimum Gasteiger partial charge on any atom is -0.497 e. The van der Waals surface area contributed by atoms with Crippen LogP contribution in [0.15, 0.2) is 35.7 Å². The Kier molecular flexibility index (Phi) is 4.74. The Morgan fingerprint density at radius 2 is 2.12 bits per heavy atom. The predicted molar refractivity (Wildman–Crippen MR) is 104 cm³/mol. The van der Waals surface area contributed by atoms with Gasteiger partial charge in [0.05, 0.1) is 7.11 Å². The van der Waals surface area contributed by atoms with E-state index < -0.39 is 0 Å². The molecule has 1 N–H and O–H groups in total. The smallest absolute Gasteiger partial charge is 0.243 e. The van der Waals surface area contributed by atoms with Crippen LogP contribution in [0.5, 0.6) is 5.75 Å². The van der Waals surface area contributed by atoms with Gasteiger partial charge in [0.1, 0.15) is 11.0 Å². The van der Waals surface area contributed by atoms with Crippen LogP contribution in [0.1, 0.15) is 15.7 Å². The monoisotopic (exact) mass is 389 g/mol. The van der Waals surface area contributed by atoms with Gasteiger partial charge in [0.25, 0.3) is 0 Å². The number of thioether (sulfide) groups is 1. The van der Waals surface area contributed by atoms with E-state index in [-0.39, 0.29) is 11.2 Å². The lowest BCUT2D eigenvalue weighted by atomic mass is 10.1. The van der Waals surface area contributed by atoms with Crippen LogP contribution >= 0.6 is 34.6 Å². The summed E-state index contributed by atoms with van der Waals surface area (Å²) in [5.74, 6) is 2.34. The van der Waals surface area contributed by atoms with Crippen molar-refractivity contribution in [2.45, 2.75) is 11.7 Å². The highest BCUT2D eigenvalue weighted by Crippen LogP contribution is 2.40. The van der Waals surface area contributed by atoms with Crippen molar-refractivity contribution in [3.8, 4) is 17.1 Å². The Bertz CT molecular complexity index is 889. The molecule has 128 valence electrons. The van der Waals surface area contributed by atoms with Crippen molar-refractivity contribution in [1.29, 1.82) is 0 Å². The van der Waals surface area contributed by atoms with Gasteiger partial charge in [-0.15, -0.1) is 23.1 Å². The van der Waals surface area contributed by atoms with E-state index in [9.17, 15) is 4.79 Å². The summed E-state index contributed by atoms with van der Waals surface area (Å²) in [7, 11) is 1.63. The summed E-state index contributed by atoms with van der Waals surface area (Å²) in [4.78, 5) is 18.4. The number of nitrogens with one attached hydrogen (secondary N) is 1. The standard InChI is InChI=1S/C17H15N3O2S3/c1-22-11-4-2-10(3-5-11)15-18-17(25-20-15)19-16(21)14-12-6-8-23-13(12)7-9-24-14/h2-6,8,14H,7,9H2,1H3,(H,18,19,20,21). The molecular weight excluding hydrogens is 374 g/mol. The topological polar surface area (TPSA) is 64.1 Å². The zero-order chi connectivity index (χ0) is 17.2. The lowest BCUT2D eigenvalue weighted by Gasteiger charge is -2.20. The molecule has 1 atom stereocenters. The van der Waals surface area contributed by atoms with Gasteiger partial charge in [-0.25, -0.2) is 0 Å². The van der Waals surface area contributed by atoms with Crippen LogP contribution in [0, 0.1) is 0 Å². The zero-order valence-corrected chi connectivity index (χ0v) is 15.8. The summed E-state index contributed by atoms with van der Waals surface area (Å²) < 4.78 is 9.50. The molecule has 0 saturated heterocycles. The maximum atomic E-state index is 12.7. The number of ether oxygens (including phenoxy) is 1. The predicted octanol–water partition coefficient (Wildman–Crippen LogP) is 4.24. The third-order valence-corrected chi connectivity index (χ3v) is 6.79. The van der Waals surface area contributed by atoms with Crippen LogP contribution in [0.25, 0.3) is 11.4 Å². The number of hydrogen-bond donors (Lipinski definition) is 1. The van der Waals surface area contributed by atoms with Gasteiger partial charge < -0.3 is 4.74 Å². The van der Waals surface area contributed by atoms with Crippen LogP contribution in [-0.2, 0) is 11.2 Å². The summed E-state index contributed by atoms with van der Waals surface area (Å²) in [6.45, 7) is 0. The van der Waals surface area contributed by atoms with Crippen molar-refractivity contribution in [3.05, 3.63) is 46.2 Å². The average Bonchev–Trinajstić information content (AvgIpc) is 3.30. The molecule has 0 fully saturated rings. The molecule has 1 aliphatic rings. The van der Waals surface area contributed by atoms with Crippen LogP contribution in [0.2, 0.25) is 0 Å². The van der Waals surface area contributed by atoms with Crippen molar-refractivity contribution in [2.24, 2.45) is 0 Å². The van der Waals surface area contributed by atoms with E-state index in [0.717, 1.165) is 29.1 Å². The molecule has 3 aromatic rings. The molecule has 3 heterocycles. The Balaban J connectivity index is 1.49. The third-order valence-electron chi connectivity index (χ3n) is 3.92. The highest BCUT2D eigenvalue weighted by atomic mass is 32.2. The second-order valence-corrected chi connectivity index (χ2v) is 8.41. The van der Waals surface area contributed by atoms with Crippen molar-refractivity contribution >= 4 is 45.7 Å². The highest BCUT2D eigenvalue weighted by molar-refractivity contribution is 8.00. The van der Waals surface area contributed by atoms with Gasteiger partial charge in [-0.3, -0.25) is 10.1 Å². The normalized spacial score (nSPS) is 16.3. The van der Waals surface area contributed by atoms with Crippen molar-refractivity contribution < 1.29 is 9.53 Å². The van der Waals surface area contributed by atoms with Gasteiger partial charge >= 0.3 is 0 Å². The fraction of sp³-hybridized carbons (Fsp3) is 0.235. The second kappa shape index (κ2) is 7.15. The number of carbonyl (C=O) groups excluding carboxylic acids is 1. The number of nitrogens with zero attached hydrogens (tertiary/aromatic N) is 2. The van der Waals surface area contributed by atoms with Crippen molar-refractivity contribution in [3.63, 3.8) is 0 Å². The molecule has 8 heteroatoms. The zero-order valence-electron chi connectivity index (χ0n) is 13.4. The average molecular weight is 390 g/mol. The van der Waals surface area contributed by atoms with E-state index in [1.165, 1.54) is 16.4 Å². The van der Waals surface area contributed by atoms with Gasteiger partial charge in [-0.2, -0.15) is 9.36 Å². The Hall–Kier alpha value is -1.90. The SMILES string of the molecule is COc1ccc(-c2nsc(NC(=O)C3SCCc4sccc43)n2)cc1. The van der Waals surface area contributed by atoms with E-state index >= 15 is 0 Å². The maximum absolute atomic E-state index is 12.7. The van der Waals surface area contributed by atoms with Crippen LogP contribution in [0.3, 0.4) is 0 Å². The molecule has 1 aromatic carbocycles. The van der Waals surface area contributed by atoms with Crippen LogP contribution < -0.4 is 10.1 Å². The molecule has 1 amide bonds. The fourth-order valence-corrected chi connectivity index (χ4v) is 5.55. The second-order valence-electron chi connectivity index (χ2n) is 5.44. The van der Waals surface area contributed by atoms with Gasteiger partial charge in [0, 0.05) is 22.0 Å². The number of rotatable bonds is 4. The molecule has 0 saturated carbocycles. The largest absolute Gasteiger partial charge is 0.497 e. The number of amides is 1. The van der Waals surface area contributed by atoms with Gasteiger partial charge in [-0.1, -0.05) is 0 Å². The minimum absolute atomic E-state index is 0.0261. The van der Waals surface area contributed by atoms with E-state index in [1.54, 1.807) is 30.2 Å². The molecule has 1 unspecified atom stereocenters. The number of anilines is 1. The summed E-state index contributed by atoms with van der Waals surface area (Å²) in [6.07, 6.45) is 1.04. The number of fused-ring (bicyclic) bond motifs is 1. The van der Waals surface area contributed by atoms with Crippen molar-refractivity contribution in [1.82, 2.24) is 9.36 Å². The Labute approximate surface area is 157 Å². The van der Waals surface area contributed by atoms with E-state index in [2.05, 4.69) is 26.1 Å². The maximum Gasteiger partial charge on any atom is 0.243 e. The first kappa shape index (κ1) is 16.6. The molecule has 0 spiro atoms. The number of benzene rings is 1. The van der Waals surface area contributed by atoms with Gasteiger partial charge in [-0.05, 0) is 53.4 Å². The minimum atomic E-state index is -0.164. The number of aryl methyl sites for hydroxylation is 1. The molecule has 0 radical (unpaired) electrons. The lowest BCUT2D eigenvalue weighted by molar-refractivity contribution is -0.115. The van der Waals surface area contributed by atoms with Gasteiger partial charge in [0.2, 0.25) is 11.0 Å². The summed E-state index contributed by atoms with van der Waals surface area (Å²) >= 11 is 4.61. The van der Waals surface area contributed by atoms with Crippen LogP contribution in [-0.4, -0.2) is 28.1 Å². The molecular formula is C17H15N3O2S3. The van der Waals surface area contributed by atoms with Crippen LogP contribution in [0.4, 0.5) is 5.13 Å². The molecule has 1 aliphatic heterocycles. The molecule has 4 rings (SSSR count). The number of hydrogen-bond acceptors (Lipinski definition) is 7. The first-order valence-corrected chi connectivity index (χ1v) is 10.4. The number of carbonyl (C=O) groups is 1. The van der Waals surface area contributed by atoms with E-state index in [0.29, 0.717) is 11.0 Å². The Morgan fingerprint density at radius 1 is 1.28 bits per heavy atom. The van der Waals surface area contributed by atoms with E-state index in [1.807, 2.05) is 24.3 Å². The molecule has 0 aliphatic carbocycles. The van der Waals surface area contributed by atoms with E-state index in [4.69, 9.17) is 4.74 Å². The molecule has 5 nitrogen and oxygen atoms in total.